The number of pyridine rings is 1. The summed E-state index contributed by atoms with van der Waals surface area (Å²) in [5.74, 6) is 0.132. The second kappa shape index (κ2) is 7.58. The highest BCUT2D eigenvalue weighted by atomic mass is 32.1. The Morgan fingerprint density at radius 3 is 2.55 bits per heavy atom. The SMILES string of the molecule is Cc1ccc2nc3sc(C(=O)N4CCN(Cc5ccccc5)CC4)cc3cc2c1. The van der Waals surface area contributed by atoms with Crippen molar-refractivity contribution in [1.82, 2.24) is 14.8 Å². The summed E-state index contributed by atoms with van der Waals surface area (Å²) in [6.45, 7) is 6.40. The molecule has 2 aromatic heterocycles. The van der Waals surface area contributed by atoms with E-state index in [1.54, 1.807) is 0 Å². The molecule has 0 aliphatic carbocycles. The van der Waals surface area contributed by atoms with Gasteiger partial charge in [0.15, 0.2) is 0 Å². The van der Waals surface area contributed by atoms with Crippen LogP contribution in [0.3, 0.4) is 0 Å². The van der Waals surface area contributed by atoms with Gasteiger partial charge >= 0.3 is 0 Å². The van der Waals surface area contributed by atoms with Crippen LogP contribution in [0.25, 0.3) is 21.1 Å². The van der Waals surface area contributed by atoms with E-state index in [1.165, 1.54) is 22.5 Å². The first-order chi connectivity index (χ1) is 14.2. The molecule has 0 saturated carbocycles. The van der Waals surface area contributed by atoms with E-state index in [0.717, 1.165) is 58.7 Å². The van der Waals surface area contributed by atoms with Gasteiger partial charge < -0.3 is 4.90 Å². The van der Waals surface area contributed by atoms with Crippen LogP contribution in [-0.4, -0.2) is 46.9 Å². The van der Waals surface area contributed by atoms with Gasteiger partial charge in [0.05, 0.1) is 10.4 Å². The lowest BCUT2D eigenvalue weighted by atomic mass is 10.1. The Bertz CT molecular complexity index is 1180. The van der Waals surface area contributed by atoms with Gasteiger partial charge in [-0.15, -0.1) is 11.3 Å². The van der Waals surface area contributed by atoms with E-state index in [9.17, 15) is 4.79 Å². The van der Waals surface area contributed by atoms with E-state index in [0.29, 0.717) is 0 Å². The number of carbonyl (C=O) groups excluding carboxylic acids is 1. The predicted octanol–water partition coefficient (Wildman–Crippen LogP) is 4.72. The van der Waals surface area contributed by atoms with Crippen LogP contribution in [0.2, 0.25) is 0 Å². The zero-order chi connectivity index (χ0) is 19.8. The summed E-state index contributed by atoms with van der Waals surface area (Å²) >= 11 is 1.51. The highest BCUT2D eigenvalue weighted by Gasteiger charge is 2.23. The van der Waals surface area contributed by atoms with Crippen molar-refractivity contribution in [3.63, 3.8) is 0 Å². The Morgan fingerprint density at radius 2 is 1.76 bits per heavy atom. The van der Waals surface area contributed by atoms with Crippen LogP contribution in [0.1, 0.15) is 20.8 Å². The van der Waals surface area contributed by atoms with Crippen LogP contribution in [0, 0.1) is 6.92 Å². The lowest BCUT2D eigenvalue weighted by molar-refractivity contribution is 0.0633. The molecule has 0 bridgehead atoms. The average molecular weight is 402 g/mol. The van der Waals surface area contributed by atoms with Gasteiger partial charge in [-0.1, -0.05) is 42.0 Å². The topological polar surface area (TPSA) is 36.4 Å². The third-order valence-electron chi connectivity index (χ3n) is 5.58. The van der Waals surface area contributed by atoms with Crippen LogP contribution in [0.4, 0.5) is 0 Å². The molecular formula is C24H23N3OS. The fourth-order valence-electron chi connectivity index (χ4n) is 3.97. The highest BCUT2D eigenvalue weighted by Crippen LogP contribution is 2.29. The van der Waals surface area contributed by atoms with Crippen molar-refractivity contribution in [2.24, 2.45) is 0 Å². The third-order valence-corrected chi connectivity index (χ3v) is 6.61. The Hall–Kier alpha value is -2.76. The molecule has 0 spiro atoms. The molecule has 5 rings (SSSR count). The molecule has 4 nitrogen and oxygen atoms in total. The summed E-state index contributed by atoms with van der Waals surface area (Å²) in [5.41, 5.74) is 3.53. The number of thiophene rings is 1. The van der Waals surface area contributed by atoms with E-state index in [1.807, 2.05) is 17.0 Å². The molecule has 0 atom stereocenters. The maximum absolute atomic E-state index is 13.1. The summed E-state index contributed by atoms with van der Waals surface area (Å²) < 4.78 is 0. The number of piperazine rings is 1. The van der Waals surface area contributed by atoms with Crippen molar-refractivity contribution < 1.29 is 4.79 Å². The molecule has 4 aromatic rings. The van der Waals surface area contributed by atoms with Crippen LogP contribution in [-0.2, 0) is 6.54 Å². The van der Waals surface area contributed by atoms with Crippen LogP contribution in [0.5, 0.6) is 0 Å². The fourth-order valence-corrected chi connectivity index (χ4v) is 4.96. The number of benzene rings is 2. The molecule has 0 N–H and O–H groups in total. The second-order valence-corrected chi connectivity index (χ2v) is 8.77. The van der Waals surface area contributed by atoms with E-state index in [-0.39, 0.29) is 5.91 Å². The molecule has 1 fully saturated rings. The molecule has 146 valence electrons. The number of nitrogens with zero attached hydrogens (tertiary/aromatic N) is 3. The maximum atomic E-state index is 13.1. The Labute approximate surface area is 174 Å². The van der Waals surface area contributed by atoms with E-state index >= 15 is 0 Å². The minimum absolute atomic E-state index is 0.132. The molecule has 0 unspecified atom stereocenters. The summed E-state index contributed by atoms with van der Waals surface area (Å²) in [5, 5.41) is 2.18. The molecule has 1 saturated heterocycles. The van der Waals surface area contributed by atoms with Crippen LogP contribution >= 0.6 is 11.3 Å². The summed E-state index contributed by atoms with van der Waals surface area (Å²) in [7, 11) is 0. The zero-order valence-corrected chi connectivity index (χ0v) is 17.3. The molecule has 3 heterocycles. The van der Waals surface area contributed by atoms with Crippen molar-refractivity contribution in [2.45, 2.75) is 13.5 Å². The number of aryl methyl sites for hydroxylation is 1. The summed E-state index contributed by atoms with van der Waals surface area (Å²) in [4.78, 5) is 24.0. The quantitative estimate of drug-likeness (QED) is 0.499. The maximum Gasteiger partial charge on any atom is 0.264 e. The van der Waals surface area contributed by atoms with Crippen molar-refractivity contribution >= 4 is 38.4 Å². The predicted molar refractivity (Wildman–Crippen MR) is 119 cm³/mol. The van der Waals surface area contributed by atoms with Crippen molar-refractivity contribution in [1.29, 1.82) is 0 Å². The lowest BCUT2D eigenvalue weighted by Crippen LogP contribution is -2.48. The Kier molecular flexibility index (Phi) is 4.78. The summed E-state index contributed by atoms with van der Waals surface area (Å²) in [6, 6.07) is 21.0. The number of hydrogen-bond donors (Lipinski definition) is 0. The van der Waals surface area contributed by atoms with Gasteiger partial charge in [-0.2, -0.15) is 0 Å². The van der Waals surface area contributed by atoms with Crippen LogP contribution in [0.15, 0.2) is 60.7 Å². The number of fused-ring (bicyclic) bond motifs is 2. The highest BCUT2D eigenvalue weighted by molar-refractivity contribution is 7.20. The van der Waals surface area contributed by atoms with Crippen molar-refractivity contribution in [2.75, 3.05) is 26.2 Å². The number of carbonyl (C=O) groups is 1. The first-order valence-corrected chi connectivity index (χ1v) is 10.8. The molecule has 2 aromatic carbocycles. The first-order valence-electron chi connectivity index (χ1n) is 10.0. The monoisotopic (exact) mass is 401 g/mol. The van der Waals surface area contributed by atoms with Gasteiger partial charge in [-0.25, -0.2) is 4.98 Å². The Morgan fingerprint density at radius 1 is 0.966 bits per heavy atom. The van der Waals surface area contributed by atoms with E-state index in [2.05, 4.69) is 60.4 Å². The van der Waals surface area contributed by atoms with Crippen LogP contribution < -0.4 is 0 Å². The van der Waals surface area contributed by atoms with Gasteiger partial charge in [0.1, 0.15) is 4.83 Å². The average Bonchev–Trinajstić information content (AvgIpc) is 3.15. The molecule has 0 radical (unpaired) electrons. The van der Waals surface area contributed by atoms with Gasteiger partial charge in [0, 0.05) is 43.5 Å². The largest absolute Gasteiger partial charge is 0.335 e. The lowest BCUT2D eigenvalue weighted by Gasteiger charge is -2.34. The standard InChI is InChI=1S/C24H23N3OS/c1-17-7-8-21-19(13-17)14-20-15-22(29-23(20)25-21)24(28)27-11-9-26(10-12-27)16-18-5-3-2-4-6-18/h2-8,13-15H,9-12,16H2,1H3. The summed E-state index contributed by atoms with van der Waals surface area (Å²) in [6.07, 6.45) is 0. The van der Waals surface area contributed by atoms with Gasteiger partial charge in [-0.3, -0.25) is 9.69 Å². The zero-order valence-electron chi connectivity index (χ0n) is 16.5. The number of rotatable bonds is 3. The minimum atomic E-state index is 0.132. The normalized spacial score (nSPS) is 15.3. The molecule has 1 aliphatic rings. The number of amides is 1. The molecular weight excluding hydrogens is 378 g/mol. The number of hydrogen-bond acceptors (Lipinski definition) is 4. The van der Waals surface area contributed by atoms with Crippen molar-refractivity contribution in [3.8, 4) is 0 Å². The van der Waals surface area contributed by atoms with E-state index in [4.69, 9.17) is 4.98 Å². The number of aromatic nitrogens is 1. The Balaban J connectivity index is 1.30. The second-order valence-electron chi connectivity index (χ2n) is 7.74. The third kappa shape index (κ3) is 3.76. The van der Waals surface area contributed by atoms with Gasteiger partial charge in [-0.05, 0) is 36.8 Å². The molecule has 5 heteroatoms. The molecule has 29 heavy (non-hydrogen) atoms. The molecule has 1 amide bonds. The van der Waals surface area contributed by atoms with Crippen molar-refractivity contribution in [3.05, 3.63) is 76.7 Å². The smallest absolute Gasteiger partial charge is 0.264 e. The van der Waals surface area contributed by atoms with Gasteiger partial charge in [0.25, 0.3) is 5.91 Å². The first kappa shape index (κ1) is 18.3. The molecule has 1 aliphatic heterocycles. The minimum Gasteiger partial charge on any atom is -0.335 e. The van der Waals surface area contributed by atoms with E-state index < -0.39 is 0 Å². The van der Waals surface area contributed by atoms with Gasteiger partial charge in [0.2, 0.25) is 0 Å². The fraction of sp³-hybridized carbons (Fsp3) is 0.250.